The summed E-state index contributed by atoms with van der Waals surface area (Å²) in [5.41, 5.74) is 3.61. The van der Waals surface area contributed by atoms with Crippen molar-refractivity contribution in [2.45, 2.75) is 46.5 Å². The molecule has 0 unspecified atom stereocenters. The van der Waals surface area contributed by atoms with Crippen LogP contribution in [0.3, 0.4) is 0 Å². The molecule has 0 saturated heterocycles. The minimum atomic E-state index is -0.0850. The van der Waals surface area contributed by atoms with Crippen LogP contribution in [0.4, 0.5) is 6.01 Å². The van der Waals surface area contributed by atoms with E-state index in [4.69, 9.17) is 4.42 Å². The molecule has 2 aromatic rings. The first-order valence-corrected chi connectivity index (χ1v) is 7.27. The molecule has 5 nitrogen and oxygen atoms in total. The minimum absolute atomic E-state index is 0.0850. The highest BCUT2D eigenvalue weighted by atomic mass is 16.4. The lowest BCUT2D eigenvalue weighted by Crippen LogP contribution is -2.11. The second-order valence-electron chi connectivity index (χ2n) is 5.25. The van der Waals surface area contributed by atoms with Gasteiger partial charge in [-0.15, -0.1) is 5.10 Å². The van der Waals surface area contributed by atoms with Gasteiger partial charge in [0.1, 0.15) is 0 Å². The first-order chi connectivity index (χ1) is 10.1. The zero-order valence-corrected chi connectivity index (χ0v) is 12.8. The van der Waals surface area contributed by atoms with Crippen molar-refractivity contribution in [1.82, 2.24) is 10.2 Å². The monoisotopic (exact) mass is 287 g/mol. The van der Waals surface area contributed by atoms with Gasteiger partial charge in [0.05, 0.1) is 6.42 Å². The number of carbonyl (C=O) groups is 1. The number of amides is 1. The number of carbonyl (C=O) groups excluding carboxylic acids is 1. The lowest BCUT2D eigenvalue weighted by Gasteiger charge is -2.02. The normalized spacial score (nSPS) is 10.6. The maximum absolute atomic E-state index is 11.6. The summed E-state index contributed by atoms with van der Waals surface area (Å²) in [6, 6.07) is 6.41. The second-order valence-corrected chi connectivity index (χ2v) is 5.25. The number of unbranched alkanes of at least 4 members (excludes halogenated alkanes) is 1. The molecular formula is C16H21N3O2. The summed E-state index contributed by atoms with van der Waals surface area (Å²) in [5, 5.41) is 10.4. The van der Waals surface area contributed by atoms with Crippen LogP contribution in [0.5, 0.6) is 0 Å². The van der Waals surface area contributed by atoms with Crippen LogP contribution in [-0.2, 0) is 11.2 Å². The smallest absolute Gasteiger partial charge is 0.322 e. The van der Waals surface area contributed by atoms with Crippen LogP contribution in [0, 0.1) is 13.8 Å². The first-order valence-electron chi connectivity index (χ1n) is 7.27. The van der Waals surface area contributed by atoms with Gasteiger partial charge >= 0.3 is 6.01 Å². The Kier molecular flexibility index (Phi) is 5.09. The Balaban J connectivity index is 1.96. The van der Waals surface area contributed by atoms with Gasteiger partial charge in [-0.05, 0) is 37.0 Å². The highest BCUT2D eigenvalue weighted by Crippen LogP contribution is 2.15. The number of hydrogen-bond donors (Lipinski definition) is 1. The van der Waals surface area contributed by atoms with Gasteiger partial charge in [-0.25, -0.2) is 0 Å². The number of anilines is 1. The Morgan fingerprint density at radius 2 is 2.05 bits per heavy atom. The maximum atomic E-state index is 11.6. The van der Waals surface area contributed by atoms with E-state index in [2.05, 4.69) is 41.5 Å². The molecule has 0 saturated carbocycles. The molecule has 0 bridgehead atoms. The molecule has 1 aromatic carbocycles. The van der Waals surface area contributed by atoms with Gasteiger partial charge in [0.15, 0.2) is 0 Å². The molecular weight excluding hydrogens is 266 g/mol. The summed E-state index contributed by atoms with van der Waals surface area (Å²) in [4.78, 5) is 11.6. The average Bonchev–Trinajstić information content (AvgIpc) is 2.88. The molecule has 1 heterocycles. The standard InChI is InChI=1S/C16H21N3O2/c1-4-5-6-14(20)17-16-19-18-15(21-16)10-13-8-7-11(2)12(3)9-13/h7-9H,4-6,10H2,1-3H3,(H,17,19,20). The molecule has 0 aliphatic carbocycles. The highest BCUT2D eigenvalue weighted by molar-refractivity contribution is 5.88. The van der Waals surface area contributed by atoms with Crippen molar-refractivity contribution in [2.24, 2.45) is 0 Å². The van der Waals surface area contributed by atoms with Gasteiger partial charge in [0, 0.05) is 6.42 Å². The number of nitrogens with zero attached hydrogens (tertiary/aromatic N) is 2. The van der Waals surface area contributed by atoms with E-state index in [-0.39, 0.29) is 11.9 Å². The van der Waals surface area contributed by atoms with Crippen LogP contribution < -0.4 is 5.32 Å². The van der Waals surface area contributed by atoms with Gasteiger partial charge in [-0.2, -0.15) is 0 Å². The van der Waals surface area contributed by atoms with E-state index in [1.165, 1.54) is 11.1 Å². The van der Waals surface area contributed by atoms with Crippen molar-refractivity contribution in [3.05, 3.63) is 40.8 Å². The molecule has 1 N–H and O–H groups in total. The summed E-state index contributed by atoms with van der Waals surface area (Å²) in [5.74, 6) is 0.419. The van der Waals surface area contributed by atoms with Crippen LogP contribution in [0.2, 0.25) is 0 Å². The summed E-state index contributed by atoms with van der Waals surface area (Å²) in [6.45, 7) is 6.20. The lowest BCUT2D eigenvalue weighted by molar-refractivity contribution is -0.116. The van der Waals surface area contributed by atoms with E-state index in [1.807, 2.05) is 13.0 Å². The highest BCUT2D eigenvalue weighted by Gasteiger charge is 2.10. The van der Waals surface area contributed by atoms with Crippen molar-refractivity contribution in [3.8, 4) is 0 Å². The number of rotatable bonds is 6. The molecule has 1 amide bonds. The van der Waals surface area contributed by atoms with E-state index in [1.54, 1.807) is 0 Å². The van der Waals surface area contributed by atoms with E-state index in [0.29, 0.717) is 18.7 Å². The zero-order chi connectivity index (χ0) is 15.2. The van der Waals surface area contributed by atoms with Crippen molar-refractivity contribution in [1.29, 1.82) is 0 Å². The summed E-state index contributed by atoms with van der Waals surface area (Å²) >= 11 is 0. The molecule has 0 spiro atoms. The molecule has 0 atom stereocenters. The van der Waals surface area contributed by atoms with Crippen molar-refractivity contribution >= 4 is 11.9 Å². The van der Waals surface area contributed by atoms with Crippen LogP contribution in [0.15, 0.2) is 22.6 Å². The van der Waals surface area contributed by atoms with Gasteiger partial charge in [0.25, 0.3) is 0 Å². The van der Waals surface area contributed by atoms with E-state index in [0.717, 1.165) is 18.4 Å². The van der Waals surface area contributed by atoms with Crippen LogP contribution in [0.25, 0.3) is 0 Å². The minimum Gasteiger partial charge on any atom is -0.407 e. The van der Waals surface area contributed by atoms with Gasteiger partial charge in [-0.1, -0.05) is 36.6 Å². The topological polar surface area (TPSA) is 68.0 Å². The predicted octanol–water partition coefficient (Wildman–Crippen LogP) is 3.41. The molecule has 112 valence electrons. The molecule has 1 aromatic heterocycles. The largest absolute Gasteiger partial charge is 0.407 e. The summed E-state index contributed by atoms with van der Waals surface area (Å²) in [6.07, 6.45) is 2.88. The molecule has 0 fully saturated rings. The summed E-state index contributed by atoms with van der Waals surface area (Å²) in [7, 11) is 0. The number of aryl methyl sites for hydroxylation is 2. The van der Waals surface area contributed by atoms with Crippen LogP contribution >= 0.6 is 0 Å². The second kappa shape index (κ2) is 7.02. The Morgan fingerprint density at radius 3 is 2.76 bits per heavy atom. The average molecular weight is 287 g/mol. The molecule has 21 heavy (non-hydrogen) atoms. The number of nitrogens with one attached hydrogen (secondary N) is 1. The Bertz CT molecular complexity index is 620. The van der Waals surface area contributed by atoms with E-state index >= 15 is 0 Å². The number of aromatic nitrogens is 2. The number of benzene rings is 1. The maximum Gasteiger partial charge on any atom is 0.322 e. The van der Waals surface area contributed by atoms with Crippen molar-refractivity contribution < 1.29 is 9.21 Å². The van der Waals surface area contributed by atoms with Crippen LogP contribution in [-0.4, -0.2) is 16.1 Å². The molecule has 5 heteroatoms. The fraction of sp³-hybridized carbons (Fsp3) is 0.438. The Labute approximate surface area is 124 Å². The zero-order valence-electron chi connectivity index (χ0n) is 12.8. The third-order valence-corrected chi connectivity index (χ3v) is 3.40. The lowest BCUT2D eigenvalue weighted by atomic mass is 10.0. The molecule has 2 rings (SSSR count). The van der Waals surface area contributed by atoms with Gasteiger partial charge in [0.2, 0.25) is 11.8 Å². The molecule has 0 aliphatic rings. The van der Waals surface area contributed by atoms with Crippen molar-refractivity contribution in [2.75, 3.05) is 5.32 Å². The Morgan fingerprint density at radius 1 is 1.24 bits per heavy atom. The number of hydrogen-bond acceptors (Lipinski definition) is 4. The fourth-order valence-electron chi connectivity index (χ4n) is 1.98. The quantitative estimate of drug-likeness (QED) is 0.884. The fourth-order valence-corrected chi connectivity index (χ4v) is 1.98. The molecule has 0 aliphatic heterocycles. The molecule has 0 radical (unpaired) electrons. The summed E-state index contributed by atoms with van der Waals surface area (Å²) < 4.78 is 5.45. The van der Waals surface area contributed by atoms with E-state index in [9.17, 15) is 4.79 Å². The van der Waals surface area contributed by atoms with Gasteiger partial charge < -0.3 is 4.42 Å². The predicted molar refractivity (Wildman–Crippen MR) is 81.2 cm³/mol. The van der Waals surface area contributed by atoms with E-state index < -0.39 is 0 Å². The van der Waals surface area contributed by atoms with Gasteiger partial charge in [-0.3, -0.25) is 10.1 Å². The SMILES string of the molecule is CCCCC(=O)Nc1nnc(Cc2ccc(C)c(C)c2)o1. The first kappa shape index (κ1) is 15.2. The third kappa shape index (κ3) is 4.41. The van der Waals surface area contributed by atoms with Crippen molar-refractivity contribution in [3.63, 3.8) is 0 Å². The van der Waals surface area contributed by atoms with Crippen LogP contribution in [0.1, 0.15) is 48.8 Å². The Hall–Kier alpha value is -2.17. The third-order valence-electron chi connectivity index (χ3n) is 3.40.